The lowest BCUT2D eigenvalue weighted by Crippen LogP contribution is -2.48. The highest BCUT2D eigenvalue weighted by Gasteiger charge is 2.44. The van der Waals surface area contributed by atoms with Crippen molar-refractivity contribution in [3.05, 3.63) is 119 Å². The van der Waals surface area contributed by atoms with E-state index < -0.39 is 28.3 Å². The van der Waals surface area contributed by atoms with E-state index >= 15 is 4.39 Å². The molecular weight excluding hydrogens is 976 g/mol. The van der Waals surface area contributed by atoms with Gasteiger partial charge in [0.05, 0.1) is 18.7 Å². The number of carbonyl (C=O) groups excluding carboxylic acids is 7. The van der Waals surface area contributed by atoms with E-state index in [2.05, 4.69) is 31.0 Å². The van der Waals surface area contributed by atoms with Gasteiger partial charge in [-0.3, -0.25) is 33.8 Å². The van der Waals surface area contributed by atoms with Crippen molar-refractivity contribution >= 4 is 80.1 Å². The van der Waals surface area contributed by atoms with Gasteiger partial charge in [0.2, 0.25) is 17.7 Å². The van der Waals surface area contributed by atoms with E-state index in [0.29, 0.717) is 78.8 Å². The maximum Gasteiger partial charge on any atom is 0.333 e. The molecule has 0 spiro atoms. The Balaban J connectivity index is 0.687. The molecule has 3 N–H and O–H groups in total. The van der Waals surface area contributed by atoms with Crippen LogP contribution in [0.2, 0.25) is 0 Å². The molecule has 3 heterocycles. The summed E-state index contributed by atoms with van der Waals surface area (Å²) >= 11 is 0. The van der Waals surface area contributed by atoms with Gasteiger partial charge in [-0.2, -0.15) is 5.10 Å². The number of hydrogen-bond acceptors (Lipinski definition) is 14. The predicted molar refractivity (Wildman–Crippen MR) is 276 cm³/mol. The van der Waals surface area contributed by atoms with Crippen LogP contribution in [0.1, 0.15) is 110 Å². The number of nitrogens with zero attached hydrogens (tertiary/aromatic N) is 5. The first kappa shape index (κ1) is 52.5. The minimum atomic E-state index is -0.668. The van der Waals surface area contributed by atoms with Crippen molar-refractivity contribution < 1.29 is 47.5 Å². The molecule has 8 rings (SSSR count). The standard InChI is InChI=1S/C53H59FN8O9S2/c1-53(2,31-46(63)59-58-45-8-3-6-35-28-40(16-17-41(35)45)70-26-5-9-50(67)71-62-48(65)18-19-49(62)66)73-72-27-20-47(64)61-24-22-60(23-25-61)39-14-11-34(12-15-39)51(68)56-33-37-10-13-38(29-44(37)54)57-52(69)43-30-42(43)36-7-4-21-55-32-36/h4,7,10-17,21,28-29,32,42-43H,3,5-6,8-9,18-20,22-27,30-31,33H2,1-2H3,(H,56,68)(H,57,69)(H,59,63)/b58-45+/t42?,43-/m1/s1. The van der Waals surface area contributed by atoms with Crippen LogP contribution in [-0.4, -0.2) is 105 Å². The molecule has 3 fully saturated rings. The number of imide groups is 1. The van der Waals surface area contributed by atoms with Crippen LogP contribution >= 0.6 is 21.6 Å². The molecule has 0 bridgehead atoms. The Labute approximate surface area is 431 Å². The molecule has 2 aliphatic carbocycles. The summed E-state index contributed by atoms with van der Waals surface area (Å²) < 4.78 is 20.4. The van der Waals surface area contributed by atoms with Crippen LogP contribution in [-0.2, 0) is 46.6 Å². The van der Waals surface area contributed by atoms with Gasteiger partial charge in [0.1, 0.15) is 11.6 Å². The summed E-state index contributed by atoms with van der Waals surface area (Å²) in [5, 5.41) is 10.6. The maximum absolute atomic E-state index is 15.0. The minimum Gasteiger partial charge on any atom is -0.494 e. The Hall–Kier alpha value is -6.80. The van der Waals surface area contributed by atoms with E-state index in [0.717, 1.165) is 47.4 Å². The van der Waals surface area contributed by atoms with Gasteiger partial charge in [0.25, 0.3) is 17.7 Å². The number of rotatable bonds is 21. The lowest BCUT2D eigenvalue weighted by Gasteiger charge is -2.36. The number of hydrogen-bond donors (Lipinski definition) is 3. The Bertz CT molecular complexity index is 2720. The highest BCUT2D eigenvalue weighted by atomic mass is 33.1. The Morgan fingerprint density at radius 2 is 1.68 bits per heavy atom. The van der Waals surface area contributed by atoms with E-state index in [1.54, 1.807) is 58.2 Å². The van der Waals surface area contributed by atoms with E-state index in [-0.39, 0.29) is 74.3 Å². The van der Waals surface area contributed by atoms with E-state index in [1.807, 2.05) is 61.2 Å². The van der Waals surface area contributed by atoms with Gasteiger partial charge in [-0.25, -0.2) is 14.6 Å². The lowest BCUT2D eigenvalue weighted by molar-refractivity contribution is -0.197. The van der Waals surface area contributed by atoms with Gasteiger partial charge in [-0.15, -0.1) is 5.06 Å². The Morgan fingerprint density at radius 1 is 0.904 bits per heavy atom. The summed E-state index contributed by atoms with van der Waals surface area (Å²) in [6, 6.07) is 21.1. The first-order valence-corrected chi connectivity index (χ1v) is 26.9. The minimum absolute atomic E-state index is 0.00850. The lowest BCUT2D eigenvalue weighted by atomic mass is 9.90. The third kappa shape index (κ3) is 14.5. The molecule has 2 saturated heterocycles. The highest BCUT2D eigenvalue weighted by Crippen LogP contribution is 2.47. The molecule has 1 aromatic heterocycles. The Morgan fingerprint density at radius 3 is 2.42 bits per heavy atom. The van der Waals surface area contributed by atoms with Crippen molar-refractivity contribution in [3.63, 3.8) is 0 Å². The van der Waals surface area contributed by atoms with Crippen LogP contribution in [0, 0.1) is 11.7 Å². The number of aryl methyl sites for hydroxylation is 1. The molecule has 20 heteroatoms. The number of pyridine rings is 1. The summed E-state index contributed by atoms with van der Waals surface area (Å²) in [7, 11) is 3.14. The van der Waals surface area contributed by atoms with Gasteiger partial charge < -0.3 is 30.0 Å². The Kier molecular flexibility index (Phi) is 17.5. The number of nitrogens with one attached hydrogen (secondary N) is 3. The van der Waals surface area contributed by atoms with Crippen molar-refractivity contribution in [1.29, 1.82) is 0 Å². The number of anilines is 2. The molecule has 2 aliphatic heterocycles. The zero-order chi connectivity index (χ0) is 51.5. The number of carbonyl (C=O) groups is 7. The predicted octanol–water partition coefficient (Wildman–Crippen LogP) is 7.10. The van der Waals surface area contributed by atoms with Crippen LogP contribution in [0.3, 0.4) is 0 Å². The zero-order valence-corrected chi connectivity index (χ0v) is 42.5. The van der Waals surface area contributed by atoms with E-state index in [1.165, 1.54) is 6.07 Å². The summed E-state index contributed by atoms with van der Waals surface area (Å²) in [5.41, 5.74) is 8.58. The SMILES string of the molecule is CC(C)(CC(=O)N/N=C1\CCCc2cc(OCCCC(=O)ON3C(=O)CCC3=O)ccc21)SSCCC(=O)N1CCN(c2ccc(C(=O)NCc3ccc(NC(=O)[C@@H]4CC4c4cccnc4)cc3F)cc2)CC1. The van der Waals surface area contributed by atoms with E-state index in [9.17, 15) is 33.6 Å². The van der Waals surface area contributed by atoms with Gasteiger partial charge in [-0.1, -0.05) is 33.7 Å². The first-order valence-electron chi connectivity index (χ1n) is 24.6. The summed E-state index contributed by atoms with van der Waals surface area (Å²) in [6.07, 6.45) is 7.61. The molecule has 2 atom stereocenters. The van der Waals surface area contributed by atoms with Crippen molar-refractivity contribution in [1.82, 2.24) is 25.7 Å². The van der Waals surface area contributed by atoms with Crippen LogP contribution < -0.4 is 25.7 Å². The maximum atomic E-state index is 15.0. The summed E-state index contributed by atoms with van der Waals surface area (Å²) in [5.74, 6) is -1.67. The van der Waals surface area contributed by atoms with Crippen molar-refractivity contribution in [3.8, 4) is 5.75 Å². The number of hydrazone groups is 1. The molecule has 1 saturated carbocycles. The van der Waals surface area contributed by atoms with Crippen LogP contribution in [0.5, 0.6) is 5.75 Å². The fourth-order valence-corrected chi connectivity index (χ4v) is 11.4. The molecule has 3 aromatic carbocycles. The zero-order valence-electron chi connectivity index (χ0n) is 40.9. The second kappa shape index (κ2) is 24.3. The number of ether oxygens (including phenoxy) is 1. The average Bonchev–Trinajstić information content (AvgIpc) is 4.14. The molecule has 384 valence electrons. The normalized spacial score (nSPS) is 18.0. The molecular formula is C53H59FN8O9S2. The third-order valence-corrected chi connectivity index (χ3v) is 16.2. The van der Waals surface area contributed by atoms with Gasteiger partial charge >= 0.3 is 5.97 Å². The van der Waals surface area contributed by atoms with Gasteiger partial charge in [0.15, 0.2) is 0 Å². The van der Waals surface area contributed by atoms with Crippen molar-refractivity contribution in [2.45, 2.75) is 95.3 Å². The molecule has 73 heavy (non-hydrogen) atoms. The monoisotopic (exact) mass is 1030 g/mol. The summed E-state index contributed by atoms with van der Waals surface area (Å²) in [4.78, 5) is 100. The third-order valence-electron chi connectivity index (χ3n) is 13.0. The fraction of sp³-hybridized carbons (Fsp3) is 0.415. The number of halogens is 1. The number of hydroxylamine groups is 2. The molecule has 1 unspecified atom stereocenters. The van der Waals surface area contributed by atoms with Crippen molar-refractivity contribution in [2.24, 2.45) is 11.0 Å². The number of benzene rings is 3. The van der Waals surface area contributed by atoms with E-state index in [4.69, 9.17) is 9.57 Å². The second-order valence-electron chi connectivity index (χ2n) is 19.0. The number of aromatic nitrogens is 1. The topological polar surface area (TPSA) is 209 Å². The van der Waals surface area contributed by atoms with Crippen LogP contribution in [0.15, 0.2) is 90.3 Å². The number of amides is 6. The van der Waals surface area contributed by atoms with Crippen molar-refractivity contribution in [2.75, 3.05) is 48.8 Å². The fourth-order valence-electron chi connectivity index (χ4n) is 8.90. The molecule has 6 amide bonds. The van der Waals surface area contributed by atoms with Crippen LogP contribution in [0.4, 0.5) is 15.8 Å². The molecule has 4 aromatic rings. The molecule has 17 nitrogen and oxygen atoms in total. The largest absolute Gasteiger partial charge is 0.494 e. The quantitative estimate of drug-likeness (QED) is 0.0330. The molecule has 4 aliphatic rings. The number of piperazine rings is 1. The smallest absolute Gasteiger partial charge is 0.333 e. The highest BCUT2D eigenvalue weighted by molar-refractivity contribution is 8.77. The molecule has 0 radical (unpaired) electrons. The second-order valence-corrected chi connectivity index (χ2v) is 22.1. The van der Waals surface area contributed by atoms with Gasteiger partial charge in [-0.05, 0) is 124 Å². The average molecular weight is 1040 g/mol. The van der Waals surface area contributed by atoms with Crippen LogP contribution in [0.25, 0.3) is 0 Å². The van der Waals surface area contributed by atoms with Gasteiger partial charge in [0, 0.05) is 115 Å². The first-order chi connectivity index (χ1) is 35.2. The summed E-state index contributed by atoms with van der Waals surface area (Å²) in [6.45, 7) is 6.64. The number of fused-ring (bicyclic) bond motifs is 1.